The Hall–Kier alpha value is -1.72. The van der Waals surface area contributed by atoms with Crippen LogP contribution in [0.4, 0.5) is 0 Å². The quantitative estimate of drug-likeness (QED) is 0.503. The molecule has 0 unspecified atom stereocenters. The molecule has 34 heavy (non-hydrogen) atoms. The second-order valence-corrected chi connectivity index (χ2v) is 11.0. The smallest absolute Gasteiger partial charge is 0.0963 e. The fraction of sp³-hybridized carbons (Fsp3) is 0.600. The first-order valence-corrected chi connectivity index (χ1v) is 13.7. The monoisotopic (exact) mass is 460 g/mol. The van der Waals surface area contributed by atoms with Crippen LogP contribution >= 0.6 is 0 Å². The number of nitrogens with zero attached hydrogens (tertiary/aromatic N) is 2. The number of rotatable bonds is 7. The Balaban J connectivity index is 0.862. The average molecular weight is 461 g/mol. The van der Waals surface area contributed by atoms with E-state index >= 15 is 0 Å². The zero-order valence-corrected chi connectivity index (χ0v) is 20.6. The van der Waals surface area contributed by atoms with Gasteiger partial charge in [0.2, 0.25) is 0 Å². The molecule has 0 N–H and O–H groups in total. The molecular weight excluding hydrogens is 420 g/mol. The highest BCUT2D eigenvalue weighted by atomic mass is 16.5. The Kier molecular flexibility index (Phi) is 6.51. The van der Waals surface area contributed by atoms with Gasteiger partial charge in [0.25, 0.3) is 0 Å². The van der Waals surface area contributed by atoms with Gasteiger partial charge >= 0.3 is 0 Å². The van der Waals surface area contributed by atoms with Crippen LogP contribution in [0.2, 0.25) is 0 Å². The molecule has 4 aliphatic rings. The Morgan fingerprint density at radius 3 is 1.41 bits per heavy atom. The summed E-state index contributed by atoms with van der Waals surface area (Å²) in [6.45, 7) is 8.80. The van der Waals surface area contributed by atoms with E-state index < -0.39 is 0 Å². The summed E-state index contributed by atoms with van der Waals surface area (Å²) in [6.07, 6.45) is 9.97. The van der Waals surface area contributed by atoms with Crippen molar-refractivity contribution >= 4 is 0 Å². The van der Waals surface area contributed by atoms with Crippen molar-refractivity contribution in [1.29, 1.82) is 0 Å². The Bertz CT molecular complexity index is 894. The van der Waals surface area contributed by atoms with Gasteiger partial charge in [-0.05, 0) is 73.9 Å². The summed E-state index contributed by atoms with van der Waals surface area (Å²) in [7, 11) is 0. The largest absolute Gasteiger partial charge is 0.365 e. The van der Waals surface area contributed by atoms with Gasteiger partial charge in [-0.25, -0.2) is 0 Å². The molecule has 6 rings (SSSR count). The van der Waals surface area contributed by atoms with Crippen LogP contribution in [0.1, 0.15) is 73.6 Å². The Morgan fingerprint density at radius 2 is 0.971 bits per heavy atom. The van der Waals surface area contributed by atoms with Gasteiger partial charge in [0.05, 0.1) is 24.4 Å². The zero-order chi connectivity index (χ0) is 22.8. The molecule has 182 valence electrons. The summed E-state index contributed by atoms with van der Waals surface area (Å²) in [6, 6.07) is 17.7. The van der Waals surface area contributed by atoms with E-state index in [-0.39, 0.29) is 11.2 Å². The molecule has 0 amide bonds. The van der Waals surface area contributed by atoms with Crippen molar-refractivity contribution in [1.82, 2.24) is 9.80 Å². The van der Waals surface area contributed by atoms with E-state index in [0.29, 0.717) is 0 Å². The summed E-state index contributed by atoms with van der Waals surface area (Å²) in [5, 5.41) is 0. The molecule has 2 spiro atoms. The topological polar surface area (TPSA) is 24.9 Å². The Labute approximate surface area is 205 Å². The fourth-order valence-corrected chi connectivity index (χ4v) is 6.90. The van der Waals surface area contributed by atoms with Crippen LogP contribution in [-0.4, -0.2) is 49.1 Å². The number of unbranched alkanes of at least 4 members (excludes halogenated alkanes) is 3. The highest BCUT2D eigenvalue weighted by Gasteiger charge is 2.43. The molecule has 2 aromatic carbocycles. The lowest BCUT2D eigenvalue weighted by Gasteiger charge is -2.39. The number of likely N-dealkylation sites (tertiary alicyclic amines) is 2. The minimum Gasteiger partial charge on any atom is -0.365 e. The summed E-state index contributed by atoms with van der Waals surface area (Å²) in [5.41, 5.74) is 5.74. The molecule has 0 aliphatic carbocycles. The lowest BCUT2D eigenvalue weighted by atomic mass is 9.83. The van der Waals surface area contributed by atoms with Crippen molar-refractivity contribution in [3.05, 3.63) is 70.8 Å². The van der Waals surface area contributed by atoms with Gasteiger partial charge < -0.3 is 19.3 Å². The third-order valence-electron chi connectivity index (χ3n) is 9.05. The van der Waals surface area contributed by atoms with Crippen LogP contribution in [0.25, 0.3) is 0 Å². The summed E-state index contributed by atoms with van der Waals surface area (Å²) < 4.78 is 12.6. The lowest BCUT2D eigenvalue weighted by Crippen LogP contribution is -2.43. The van der Waals surface area contributed by atoms with Crippen LogP contribution in [0.5, 0.6) is 0 Å². The molecule has 4 heteroatoms. The number of piperidine rings is 2. The van der Waals surface area contributed by atoms with E-state index in [9.17, 15) is 0 Å². The van der Waals surface area contributed by atoms with E-state index in [4.69, 9.17) is 9.47 Å². The number of ether oxygens (including phenoxy) is 2. The van der Waals surface area contributed by atoms with Gasteiger partial charge in [-0.15, -0.1) is 0 Å². The summed E-state index contributed by atoms with van der Waals surface area (Å²) >= 11 is 0. The third-order valence-corrected chi connectivity index (χ3v) is 9.05. The minimum absolute atomic E-state index is 0.00569. The number of benzene rings is 2. The molecule has 2 fully saturated rings. The number of hydrogen-bond acceptors (Lipinski definition) is 4. The predicted octanol–water partition coefficient (Wildman–Crippen LogP) is 5.59. The fourth-order valence-electron chi connectivity index (χ4n) is 6.90. The van der Waals surface area contributed by atoms with Crippen molar-refractivity contribution in [3.8, 4) is 0 Å². The maximum atomic E-state index is 6.32. The number of hydrogen-bond donors (Lipinski definition) is 0. The predicted molar refractivity (Wildman–Crippen MR) is 136 cm³/mol. The van der Waals surface area contributed by atoms with Crippen LogP contribution in [0.3, 0.4) is 0 Å². The van der Waals surface area contributed by atoms with Gasteiger partial charge in [-0.3, -0.25) is 0 Å². The molecule has 0 bridgehead atoms. The maximum Gasteiger partial charge on any atom is 0.0963 e. The SMILES string of the molecule is c1ccc2c(c1)COC21CCN(CCCCCCN2CCC3(CC2)OCc2ccccc23)CC1. The second-order valence-electron chi connectivity index (χ2n) is 11.0. The van der Waals surface area contributed by atoms with Gasteiger partial charge in [0.1, 0.15) is 0 Å². The second kappa shape index (κ2) is 9.73. The van der Waals surface area contributed by atoms with E-state index in [1.165, 1.54) is 87.2 Å². The van der Waals surface area contributed by atoms with Crippen LogP contribution in [0.15, 0.2) is 48.5 Å². The minimum atomic E-state index is 0.00569. The molecular formula is C30H40N2O2. The standard InChI is InChI=1S/C30H40N2O2/c1(7-17-31-19-13-29(14-20-31)27-11-5-3-9-25(27)23-33-29)2-8-18-32-21-15-30(16-22-32)28-12-6-4-10-26(28)24-34-30/h3-6,9-12H,1-2,7-8,13-24H2. The molecule has 4 nitrogen and oxygen atoms in total. The molecule has 0 atom stereocenters. The van der Waals surface area contributed by atoms with Crippen molar-refractivity contribution in [3.63, 3.8) is 0 Å². The van der Waals surface area contributed by atoms with Gasteiger partial charge in [-0.2, -0.15) is 0 Å². The van der Waals surface area contributed by atoms with Gasteiger partial charge in [-0.1, -0.05) is 61.4 Å². The summed E-state index contributed by atoms with van der Waals surface area (Å²) in [5.74, 6) is 0. The summed E-state index contributed by atoms with van der Waals surface area (Å²) in [4.78, 5) is 5.33. The molecule has 4 heterocycles. The van der Waals surface area contributed by atoms with Crippen molar-refractivity contribution in [2.75, 3.05) is 39.3 Å². The normalized spacial score (nSPS) is 23.4. The van der Waals surface area contributed by atoms with Gasteiger partial charge in [0, 0.05) is 26.2 Å². The van der Waals surface area contributed by atoms with E-state index in [0.717, 1.165) is 38.9 Å². The molecule has 2 aromatic rings. The van der Waals surface area contributed by atoms with E-state index in [1.807, 2.05) is 0 Å². The Morgan fingerprint density at radius 1 is 0.559 bits per heavy atom. The first-order chi connectivity index (χ1) is 16.8. The highest BCUT2D eigenvalue weighted by molar-refractivity contribution is 5.36. The molecule has 4 aliphatic heterocycles. The number of fused-ring (bicyclic) bond motifs is 4. The molecule has 0 aromatic heterocycles. The van der Waals surface area contributed by atoms with Gasteiger partial charge in [0.15, 0.2) is 0 Å². The first kappa shape index (κ1) is 22.7. The molecule has 0 saturated carbocycles. The first-order valence-electron chi connectivity index (χ1n) is 13.7. The molecule has 0 radical (unpaired) electrons. The zero-order valence-electron chi connectivity index (χ0n) is 20.6. The molecule has 2 saturated heterocycles. The van der Waals surface area contributed by atoms with Crippen LogP contribution < -0.4 is 0 Å². The average Bonchev–Trinajstić information content (AvgIpc) is 3.43. The highest BCUT2D eigenvalue weighted by Crippen LogP contribution is 2.45. The van der Waals surface area contributed by atoms with Crippen molar-refractivity contribution in [2.45, 2.75) is 75.8 Å². The van der Waals surface area contributed by atoms with Crippen LogP contribution in [-0.2, 0) is 33.9 Å². The lowest BCUT2D eigenvalue weighted by molar-refractivity contribution is -0.0793. The van der Waals surface area contributed by atoms with E-state index in [1.54, 1.807) is 0 Å². The van der Waals surface area contributed by atoms with Crippen LogP contribution in [0, 0.1) is 0 Å². The van der Waals surface area contributed by atoms with Crippen molar-refractivity contribution in [2.24, 2.45) is 0 Å². The van der Waals surface area contributed by atoms with Crippen molar-refractivity contribution < 1.29 is 9.47 Å². The maximum absolute atomic E-state index is 6.32. The van der Waals surface area contributed by atoms with E-state index in [2.05, 4.69) is 58.3 Å². The third kappa shape index (κ3) is 4.35.